The fourth-order valence-electron chi connectivity index (χ4n) is 2.08. The van der Waals surface area contributed by atoms with E-state index in [-0.39, 0.29) is 22.7 Å². The Bertz CT molecular complexity index is 816. The number of hydrogen-bond acceptors (Lipinski definition) is 5. The van der Waals surface area contributed by atoms with Crippen LogP contribution in [0, 0.1) is 5.92 Å². The second kappa shape index (κ2) is 9.48. The van der Waals surface area contributed by atoms with Crippen LogP contribution in [-0.4, -0.2) is 22.8 Å². The van der Waals surface area contributed by atoms with E-state index in [2.05, 4.69) is 21.5 Å². The quantitative estimate of drug-likeness (QED) is 0.461. The lowest BCUT2D eigenvalue weighted by molar-refractivity contribution is -0.116. The van der Waals surface area contributed by atoms with Gasteiger partial charge in [0.25, 0.3) is 11.8 Å². The molecule has 0 saturated heterocycles. The molecule has 0 aliphatic heterocycles. The SMILES string of the molecule is CC(C)CC(=O)Nc1ccc(C(=O)NNC(=S)NC(=O)c2ccco2)cc1. The van der Waals surface area contributed by atoms with Crippen molar-refractivity contribution in [3.8, 4) is 0 Å². The van der Waals surface area contributed by atoms with Gasteiger partial charge < -0.3 is 9.73 Å². The molecule has 0 unspecified atom stereocenters. The number of amides is 3. The predicted molar refractivity (Wildman–Crippen MR) is 104 cm³/mol. The summed E-state index contributed by atoms with van der Waals surface area (Å²) in [5.74, 6) is -0.710. The number of benzene rings is 1. The zero-order valence-corrected chi connectivity index (χ0v) is 15.7. The summed E-state index contributed by atoms with van der Waals surface area (Å²) in [6.45, 7) is 3.92. The zero-order valence-electron chi connectivity index (χ0n) is 14.9. The Kier molecular flexibility index (Phi) is 7.07. The maximum absolute atomic E-state index is 12.1. The molecule has 4 N–H and O–H groups in total. The highest BCUT2D eigenvalue weighted by Crippen LogP contribution is 2.11. The maximum atomic E-state index is 12.1. The summed E-state index contributed by atoms with van der Waals surface area (Å²) in [4.78, 5) is 35.6. The molecule has 0 bridgehead atoms. The Morgan fingerprint density at radius 1 is 1.04 bits per heavy atom. The van der Waals surface area contributed by atoms with Gasteiger partial charge in [0.15, 0.2) is 10.9 Å². The molecule has 0 aliphatic rings. The summed E-state index contributed by atoms with van der Waals surface area (Å²) in [7, 11) is 0. The van der Waals surface area contributed by atoms with Crippen molar-refractivity contribution in [1.29, 1.82) is 0 Å². The Morgan fingerprint density at radius 2 is 1.74 bits per heavy atom. The molecule has 2 rings (SSSR count). The monoisotopic (exact) mass is 388 g/mol. The average Bonchev–Trinajstić information content (AvgIpc) is 3.14. The van der Waals surface area contributed by atoms with Crippen LogP contribution in [0.5, 0.6) is 0 Å². The predicted octanol–water partition coefficient (Wildman–Crippen LogP) is 2.21. The standard InChI is InChI=1S/C18H20N4O4S/c1-11(2)10-15(23)19-13-7-5-12(6-8-13)16(24)21-22-18(27)20-17(25)14-4-3-9-26-14/h3-9,11H,10H2,1-2H3,(H,19,23)(H,21,24)(H2,20,22,25,27). The van der Waals surface area contributed by atoms with Gasteiger partial charge in [0.05, 0.1) is 6.26 Å². The van der Waals surface area contributed by atoms with Crippen LogP contribution in [0.15, 0.2) is 47.1 Å². The zero-order chi connectivity index (χ0) is 19.8. The van der Waals surface area contributed by atoms with E-state index >= 15 is 0 Å². The van der Waals surface area contributed by atoms with E-state index in [1.54, 1.807) is 30.3 Å². The molecule has 2 aromatic rings. The van der Waals surface area contributed by atoms with Gasteiger partial charge in [0.2, 0.25) is 5.91 Å². The summed E-state index contributed by atoms with van der Waals surface area (Å²) in [5.41, 5.74) is 5.76. The molecule has 142 valence electrons. The van der Waals surface area contributed by atoms with Gasteiger partial charge in [-0.2, -0.15) is 0 Å². The number of hydrazine groups is 1. The number of rotatable bonds is 5. The molecule has 3 amide bonds. The average molecular weight is 388 g/mol. The number of thiocarbonyl (C=S) groups is 1. The summed E-state index contributed by atoms with van der Waals surface area (Å²) in [5, 5.41) is 5.04. The number of hydrogen-bond donors (Lipinski definition) is 4. The minimum atomic E-state index is -0.534. The van der Waals surface area contributed by atoms with Gasteiger partial charge in [-0.3, -0.25) is 30.6 Å². The van der Waals surface area contributed by atoms with E-state index in [0.717, 1.165) is 0 Å². The lowest BCUT2D eigenvalue weighted by Crippen LogP contribution is -2.48. The summed E-state index contributed by atoms with van der Waals surface area (Å²) in [6.07, 6.45) is 1.79. The van der Waals surface area contributed by atoms with Crippen molar-refractivity contribution in [2.24, 2.45) is 5.92 Å². The van der Waals surface area contributed by atoms with Crippen LogP contribution in [0.1, 0.15) is 41.2 Å². The number of carbonyl (C=O) groups is 3. The van der Waals surface area contributed by atoms with Crippen molar-refractivity contribution in [2.75, 3.05) is 5.32 Å². The number of carbonyl (C=O) groups excluding carboxylic acids is 3. The molecule has 0 aliphatic carbocycles. The second-order valence-electron chi connectivity index (χ2n) is 6.06. The Hall–Kier alpha value is -3.20. The van der Waals surface area contributed by atoms with Crippen molar-refractivity contribution in [1.82, 2.24) is 16.2 Å². The van der Waals surface area contributed by atoms with E-state index in [1.807, 2.05) is 13.8 Å². The molecular formula is C18H20N4O4S. The topological polar surface area (TPSA) is 112 Å². The molecule has 0 spiro atoms. The summed E-state index contributed by atoms with van der Waals surface area (Å²) >= 11 is 4.93. The molecule has 1 aromatic carbocycles. The fourth-order valence-corrected chi connectivity index (χ4v) is 2.22. The van der Waals surface area contributed by atoms with E-state index in [4.69, 9.17) is 16.6 Å². The van der Waals surface area contributed by atoms with Gasteiger partial charge in [0.1, 0.15) is 0 Å². The van der Waals surface area contributed by atoms with Crippen LogP contribution in [0.25, 0.3) is 0 Å². The first-order valence-corrected chi connectivity index (χ1v) is 8.61. The van der Waals surface area contributed by atoms with Crippen molar-refractivity contribution in [3.05, 3.63) is 54.0 Å². The maximum Gasteiger partial charge on any atom is 0.293 e. The third kappa shape index (κ3) is 6.55. The van der Waals surface area contributed by atoms with Crippen LogP contribution < -0.4 is 21.5 Å². The van der Waals surface area contributed by atoms with Gasteiger partial charge in [-0.25, -0.2) is 0 Å². The highest BCUT2D eigenvalue weighted by Gasteiger charge is 2.12. The minimum absolute atomic E-state index is 0.0812. The molecular weight excluding hydrogens is 368 g/mol. The highest BCUT2D eigenvalue weighted by atomic mass is 32.1. The van der Waals surface area contributed by atoms with E-state index in [9.17, 15) is 14.4 Å². The Morgan fingerprint density at radius 3 is 2.33 bits per heavy atom. The normalized spacial score (nSPS) is 10.2. The molecule has 0 saturated carbocycles. The van der Waals surface area contributed by atoms with Gasteiger partial charge >= 0.3 is 0 Å². The first-order chi connectivity index (χ1) is 12.8. The van der Waals surface area contributed by atoms with E-state index in [1.165, 1.54) is 12.3 Å². The second-order valence-corrected chi connectivity index (χ2v) is 6.47. The van der Waals surface area contributed by atoms with E-state index < -0.39 is 11.8 Å². The van der Waals surface area contributed by atoms with Crippen molar-refractivity contribution in [2.45, 2.75) is 20.3 Å². The first kappa shape index (κ1) is 20.1. The Labute approximate surface area is 161 Å². The van der Waals surface area contributed by atoms with Crippen LogP contribution in [0.3, 0.4) is 0 Å². The van der Waals surface area contributed by atoms with Crippen molar-refractivity contribution < 1.29 is 18.8 Å². The number of anilines is 1. The molecule has 0 radical (unpaired) electrons. The highest BCUT2D eigenvalue weighted by molar-refractivity contribution is 7.80. The Balaban J connectivity index is 1.80. The van der Waals surface area contributed by atoms with Gasteiger partial charge in [0, 0.05) is 17.7 Å². The summed E-state index contributed by atoms with van der Waals surface area (Å²) < 4.78 is 4.93. The van der Waals surface area contributed by atoms with Crippen LogP contribution in [0.2, 0.25) is 0 Å². The van der Waals surface area contributed by atoms with Crippen LogP contribution in [-0.2, 0) is 4.79 Å². The van der Waals surface area contributed by atoms with Crippen molar-refractivity contribution >= 4 is 40.7 Å². The molecule has 1 aromatic heterocycles. The smallest absolute Gasteiger partial charge is 0.293 e. The third-order valence-corrected chi connectivity index (χ3v) is 3.49. The number of furan rings is 1. The first-order valence-electron chi connectivity index (χ1n) is 8.20. The van der Waals surface area contributed by atoms with Crippen LogP contribution in [0.4, 0.5) is 5.69 Å². The van der Waals surface area contributed by atoms with E-state index in [0.29, 0.717) is 17.7 Å². The third-order valence-electron chi connectivity index (χ3n) is 3.29. The molecule has 8 nitrogen and oxygen atoms in total. The van der Waals surface area contributed by atoms with Crippen molar-refractivity contribution in [3.63, 3.8) is 0 Å². The molecule has 27 heavy (non-hydrogen) atoms. The molecule has 0 atom stereocenters. The van der Waals surface area contributed by atoms with Gasteiger partial charge in [-0.15, -0.1) is 0 Å². The fraction of sp³-hybridized carbons (Fsp3) is 0.222. The minimum Gasteiger partial charge on any atom is -0.459 e. The molecule has 9 heteroatoms. The lowest BCUT2D eigenvalue weighted by Gasteiger charge is -2.11. The van der Waals surface area contributed by atoms with Gasteiger partial charge in [-0.05, 0) is 54.5 Å². The molecule has 0 fully saturated rings. The molecule has 1 heterocycles. The largest absolute Gasteiger partial charge is 0.459 e. The number of nitrogens with one attached hydrogen (secondary N) is 4. The van der Waals surface area contributed by atoms with Crippen LogP contribution >= 0.6 is 12.2 Å². The summed E-state index contributed by atoms with van der Waals surface area (Å²) in [6, 6.07) is 9.44. The lowest BCUT2D eigenvalue weighted by atomic mass is 10.1. The van der Waals surface area contributed by atoms with Gasteiger partial charge in [-0.1, -0.05) is 13.8 Å².